The van der Waals surface area contributed by atoms with Crippen molar-refractivity contribution in [3.05, 3.63) is 28.0 Å². The Morgan fingerprint density at radius 2 is 2.29 bits per heavy atom. The predicted octanol–water partition coefficient (Wildman–Crippen LogP) is 1.34. The second-order valence-corrected chi connectivity index (χ2v) is 4.12. The molecule has 0 saturated carbocycles. The van der Waals surface area contributed by atoms with E-state index in [1.54, 1.807) is 6.07 Å². The first-order valence-electron chi connectivity index (χ1n) is 4.15. The zero-order valence-electron chi connectivity index (χ0n) is 7.21. The molecule has 0 aliphatic carbocycles. The van der Waals surface area contributed by atoms with Crippen LogP contribution in [0.4, 0.5) is 4.39 Å². The summed E-state index contributed by atoms with van der Waals surface area (Å²) < 4.78 is 19.2. The van der Waals surface area contributed by atoms with Crippen LogP contribution in [0.15, 0.2) is 16.6 Å². The molecule has 0 aromatic heterocycles. The highest BCUT2D eigenvalue weighted by Gasteiger charge is 2.29. The van der Waals surface area contributed by atoms with Crippen molar-refractivity contribution in [2.75, 3.05) is 6.61 Å². The Balaban J connectivity index is 2.54. The van der Waals surface area contributed by atoms with Gasteiger partial charge in [0, 0.05) is 10.0 Å². The number of halogens is 2. The van der Waals surface area contributed by atoms with E-state index in [1.165, 1.54) is 6.07 Å². The van der Waals surface area contributed by atoms with Gasteiger partial charge in [0.1, 0.15) is 24.3 Å². The van der Waals surface area contributed by atoms with Crippen molar-refractivity contribution in [1.82, 2.24) is 0 Å². The summed E-state index contributed by atoms with van der Waals surface area (Å²) in [6, 6.07) is 2.23. The van der Waals surface area contributed by atoms with E-state index in [2.05, 4.69) is 15.9 Å². The molecule has 3 N–H and O–H groups in total. The maximum atomic E-state index is 13.5. The summed E-state index contributed by atoms with van der Waals surface area (Å²) >= 11 is 3.15. The highest BCUT2D eigenvalue weighted by atomic mass is 79.9. The first kappa shape index (κ1) is 9.89. The van der Waals surface area contributed by atoms with E-state index in [1.807, 2.05) is 0 Å². The van der Waals surface area contributed by atoms with Crippen LogP contribution in [-0.2, 0) is 0 Å². The summed E-state index contributed by atoms with van der Waals surface area (Å²) in [4.78, 5) is 0. The van der Waals surface area contributed by atoms with Gasteiger partial charge in [0.15, 0.2) is 0 Å². The maximum Gasteiger partial charge on any atom is 0.132 e. The third kappa shape index (κ3) is 1.51. The van der Waals surface area contributed by atoms with Gasteiger partial charge in [0.05, 0.1) is 6.04 Å². The molecule has 2 atom stereocenters. The molecular weight excluding hydrogens is 253 g/mol. The van der Waals surface area contributed by atoms with Crippen LogP contribution in [0.1, 0.15) is 11.6 Å². The lowest BCUT2D eigenvalue weighted by molar-refractivity contribution is 0.0658. The van der Waals surface area contributed by atoms with Crippen molar-refractivity contribution in [2.24, 2.45) is 5.73 Å². The predicted molar refractivity (Wildman–Crippen MR) is 52.5 cm³/mol. The normalized spacial score (nSPS) is 25.4. The van der Waals surface area contributed by atoms with Gasteiger partial charge in [0.2, 0.25) is 0 Å². The van der Waals surface area contributed by atoms with Crippen molar-refractivity contribution in [3.8, 4) is 5.75 Å². The van der Waals surface area contributed by atoms with Crippen molar-refractivity contribution in [3.63, 3.8) is 0 Å². The number of aliphatic hydroxyl groups is 1. The van der Waals surface area contributed by atoms with Crippen LogP contribution in [0.3, 0.4) is 0 Å². The third-order valence-electron chi connectivity index (χ3n) is 2.21. The molecule has 0 radical (unpaired) electrons. The molecule has 0 amide bonds. The van der Waals surface area contributed by atoms with Crippen LogP contribution < -0.4 is 10.5 Å². The van der Waals surface area contributed by atoms with Crippen molar-refractivity contribution >= 4 is 15.9 Å². The van der Waals surface area contributed by atoms with E-state index < -0.39 is 18.0 Å². The average Bonchev–Trinajstić information content (AvgIpc) is 2.10. The molecule has 1 aromatic carbocycles. The van der Waals surface area contributed by atoms with E-state index in [0.29, 0.717) is 10.2 Å². The Morgan fingerprint density at radius 3 is 3.00 bits per heavy atom. The number of rotatable bonds is 0. The maximum absolute atomic E-state index is 13.5. The van der Waals surface area contributed by atoms with Gasteiger partial charge in [0.25, 0.3) is 0 Å². The Morgan fingerprint density at radius 1 is 1.57 bits per heavy atom. The molecule has 5 heteroatoms. The number of hydrogen-bond acceptors (Lipinski definition) is 3. The van der Waals surface area contributed by atoms with Gasteiger partial charge in [-0.2, -0.15) is 0 Å². The molecule has 1 aliphatic rings. The molecule has 0 spiro atoms. The number of fused-ring (bicyclic) bond motifs is 1. The molecule has 1 heterocycles. The molecular formula is C9H9BrFNO2. The minimum Gasteiger partial charge on any atom is -0.490 e. The van der Waals surface area contributed by atoms with Crippen LogP contribution in [0.25, 0.3) is 0 Å². The van der Waals surface area contributed by atoms with E-state index in [9.17, 15) is 9.50 Å². The van der Waals surface area contributed by atoms with Crippen LogP contribution in [0, 0.1) is 5.82 Å². The van der Waals surface area contributed by atoms with Gasteiger partial charge in [-0.15, -0.1) is 0 Å². The molecule has 0 saturated heterocycles. The van der Waals surface area contributed by atoms with Crippen molar-refractivity contribution < 1.29 is 14.2 Å². The molecule has 1 aliphatic heterocycles. The number of hydrogen-bond donors (Lipinski definition) is 2. The average molecular weight is 262 g/mol. The monoisotopic (exact) mass is 261 g/mol. The second kappa shape index (κ2) is 3.49. The van der Waals surface area contributed by atoms with Gasteiger partial charge in [-0.05, 0) is 12.1 Å². The first-order chi connectivity index (χ1) is 6.59. The van der Waals surface area contributed by atoms with E-state index in [0.717, 1.165) is 0 Å². The summed E-state index contributed by atoms with van der Waals surface area (Å²) in [6.07, 6.45) is -0.849. The van der Waals surface area contributed by atoms with Gasteiger partial charge in [-0.1, -0.05) is 15.9 Å². The number of aliphatic hydroxyl groups excluding tert-OH is 1. The Bertz CT molecular complexity index is 372. The fourth-order valence-corrected chi connectivity index (χ4v) is 1.88. The summed E-state index contributed by atoms with van der Waals surface area (Å²) in [5.74, 6) is -0.0599. The van der Waals surface area contributed by atoms with Crippen molar-refractivity contribution in [2.45, 2.75) is 12.1 Å². The first-order valence-corrected chi connectivity index (χ1v) is 4.94. The van der Waals surface area contributed by atoms with Crippen LogP contribution in [0.5, 0.6) is 5.75 Å². The SMILES string of the molecule is N[C@@H]1c2c(F)cc(Br)cc2OC[C@@H]1O. The van der Waals surface area contributed by atoms with Gasteiger partial charge in [-0.3, -0.25) is 0 Å². The Labute approximate surface area is 88.8 Å². The number of ether oxygens (including phenoxy) is 1. The number of benzene rings is 1. The van der Waals surface area contributed by atoms with Gasteiger partial charge < -0.3 is 15.6 Å². The highest BCUT2D eigenvalue weighted by molar-refractivity contribution is 9.10. The second-order valence-electron chi connectivity index (χ2n) is 3.20. The third-order valence-corrected chi connectivity index (χ3v) is 2.67. The summed E-state index contributed by atoms with van der Waals surface area (Å²) in [7, 11) is 0. The van der Waals surface area contributed by atoms with Crippen LogP contribution >= 0.6 is 15.9 Å². The highest BCUT2D eigenvalue weighted by Crippen LogP contribution is 2.35. The van der Waals surface area contributed by atoms with Crippen LogP contribution in [-0.4, -0.2) is 17.8 Å². The zero-order chi connectivity index (χ0) is 10.3. The van der Waals surface area contributed by atoms with E-state index >= 15 is 0 Å². The smallest absolute Gasteiger partial charge is 0.132 e. The Hall–Kier alpha value is -0.650. The molecule has 14 heavy (non-hydrogen) atoms. The molecule has 0 bridgehead atoms. The van der Waals surface area contributed by atoms with Gasteiger partial charge in [-0.25, -0.2) is 4.39 Å². The summed E-state index contributed by atoms with van der Waals surface area (Å²) in [6.45, 7) is 0.101. The van der Waals surface area contributed by atoms with Gasteiger partial charge >= 0.3 is 0 Å². The molecule has 1 aromatic rings. The molecule has 76 valence electrons. The summed E-state index contributed by atoms with van der Waals surface area (Å²) in [5, 5.41) is 9.39. The molecule has 2 rings (SSSR count). The largest absolute Gasteiger partial charge is 0.490 e. The van der Waals surface area contributed by atoms with Crippen molar-refractivity contribution in [1.29, 1.82) is 0 Å². The minimum atomic E-state index is -0.849. The van der Waals surface area contributed by atoms with E-state index in [4.69, 9.17) is 10.5 Å². The molecule has 0 fully saturated rings. The lowest BCUT2D eigenvalue weighted by Crippen LogP contribution is -2.36. The molecule has 0 unspecified atom stereocenters. The number of nitrogens with two attached hydrogens (primary N) is 1. The topological polar surface area (TPSA) is 55.5 Å². The fraction of sp³-hybridized carbons (Fsp3) is 0.333. The summed E-state index contributed by atoms with van der Waals surface area (Å²) in [5.41, 5.74) is 5.90. The minimum absolute atomic E-state index is 0.101. The fourth-order valence-electron chi connectivity index (χ4n) is 1.48. The molecule has 3 nitrogen and oxygen atoms in total. The standard InChI is InChI=1S/C9H9BrFNO2/c10-4-1-5(11)8-7(2-4)14-3-6(13)9(8)12/h1-2,6,9,13H,3,12H2/t6-,9-/m0/s1. The zero-order valence-corrected chi connectivity index (χ0v) is 8.79. The van der Waals surface area contributed by atoms with Crippen LogP contribution in [0.2, 0.25) is 0 Å². The Kier molecular flexibility index (Phi) is 2.47. The van der Waals surface area contributed by atoms with E-state index in [-0.39, 0.29) is 12.2 Å². The lowest BCUT2D eigenvalue weighted by atomic mass is 9.99. The lowest BCUT2D eigenvalue weighted by Gasteiger charge is -2.28. The quantitative estimate of drug-likeness (QED) is 0.741.